The van der Waals surface area contributed by atoms with Gasteiger partial charge in [0.15, 0.2) is 0 Å². The summed E-state index contributed by atoms with van der Waals surface area (Å²) in [5.74, 6) is -0.721. The Morgan fingerprint density at radius 2 is 2.31 bits per heavy atom. The minimum Gasteiger partial charge on any atom is -0.465 e. The van der Waals surface area contributed by atoms with Crippen molar-refractivity contribution < 1.29 is 9.53 Å². The van der Waals surface area contributed by atoms with Gasteiger partial charge in [-0.05, 0) is 6.07 Å². The second-order valence-corrected chi connectivity index (χ2v) is 2.33. The van der Waals surface area contributed by atoms with Gasteiger partial charge in [0.05, 0.1) is 12.7 Å². The zero-order valence-corrected chi connectivity index (χ0v) is 7.07. The van der Waals surface area contributed by atoms with Gasteiger partial charge >= 0.3 is 5.97 Å². The van der Waals surface area contributed by atoms with E-state index in [1.165, 1.54) is 25.6 Å². The third-order valence-electron chi connectivity index (χ3n) is 1.52. The zero-order chi connectivity index (χ0) is 9.84. The fourth-order valence-corrected chi connectivity index (χ4v) is 0.902. The monoisotopic (exact) mass is 179 g/mol. The van der Waals surface area contributed by atoms with Gasteiger partial charge in [0.1, 0.15) is 5.84 Å². The van der Waals surface area contributed by atoms with Crippen LogP contribution in [-0.4, -0.2) is 23.9 Å². The van der Waals surface area contributed by atoms with Crippen LogP contribution in [0.15, 0.2) is 18.5 Å². The maximum absolute atomic E-state index is 11.1. The Labute approximate surface area is 75.0 Å². The molecule has 0 atom stereocenters. The molecule has 0 saturated carbocycles. The Bertz CT molecular complexity index is 349. The number of hydrogen-bond acceptors (Lipinski definition) is 4. The zero-order valence-electron chi connectivity index (χ0n) is 7.07. The fourth-order valence-electron chi connectivity index (χ4n) is 0.902. The lowest BCUT2D eigenvalue weighted by Crippen LogP contribution is -2.17. The first-order chi connectivity index (χ1) is 6.16. The highest BCUT2D eigenvalue weighted by Crippen LogP contribution is 2.06. The SMILES string of the molecule is COC(=O)c1cnccc1C(=N)N. The van der Waals surface area contributed by atoms with Gasteiger partial charge in [-0.15, -0.1) is 0 Å². The minimum absolute atomic E-state index is 0.178. The summed E-state index contributed by atoms with van der Waals surface area (Å²) in [5, 5.41) is 7.19. The standard InChI is InChI=1S/C8H9N3O2/c1-13-8(12)6-4-11-3-2-5(6)7(9)10/h2-4H,1H3,(H3,9,10). The van der Waals surface area contributed by atoms with Crippen LogP contribution in [-0.2, 0) is 4.74 Å². The van der Waals surface area contributed by atoms with Crippen LogP contribution in [0, 0.1) is 5.41 Å². The second kappa shape index (κ2) is 3.66. The van der Waals surface area contributed by atoms with E-state index in [0.717, 1.165) is 0 Å². The number of nitrogen functional groups attached to an aromatic ring is 1. The van der Waals surface area contributed by atoms with E-state index in [2.05, 4.69) is 9.72 Å². The van der Waals surface area contributed by atoms with E-state index in [0.29, 0.717) is 5.56 Å². The largest absolute Gasteiger partial charge is 0.465 e. The number of nitrogens with two attached hydrogens (primary N) is 1. The Hall–Kier alpha value is -1.91. The number of nitrogens with zero attached hydrogens (tertiary/aromatic N) is 1. The molecule has 0 saturated heterocycles. The molecule has 0 spiro atoms. The third-order valence-corrected chi connectivity index (χ3v) is 1.52. The number of carbonyl (C=O) groups excluding carboxylic acids is 1. The van der Waals surface area contributed by atoms with Crippen LogP contribution in [0.3, 0.4) is 0 Å². The number of aromatic nitrogens is 1. The molecule has 0 unspecified atom stereocenters. The number of esters is 1. The molecule has 1 aromatic heterocycles. The van der Waals surface area contributed by atoms with Crippen molar-refractivity contribution in [1.82, 2.24) is 4.98 Å². The number of carbonyl (C=O) groups is 1. The summed E-state index contributed by atoms with van der Waals surface area (Å²) in [5.41, 5.74) is 5.80. The number of methoxy groups -OCH3 is 1. The Morgan fingerprint density at radius 1 is 1.62 bits per heavy atom. The molecule has 0 bridgehead atoms. The van der Waals surface area contributed by atoms with Gasteiger partial charge in [-0.25, -0.2) is 4.79 Å². The first-order valence-corrected chi connectivity index (χ1v) is 3.53. The van der Waals surface area contributed by atoms with Crippen molar-refractivity contribution in [2.24, 2.45) is 5.73 Å². The predicted molar refractivity (Wildman–Crippen MR) is 46.6 cm³/mol. The highest BCUT2D eigenvalue weighted by molar-refractivity contribution is 6.05. The van der Waals surface area contributed by atoms with E-state index in [1.807, 2.05) is 0 Å². The van der Waals surface area contributed by atoms with Gasteiger partial charge in [0, 0.05) is 18.0 Å². The molecule has 0 radical (unpaired) electrons. The van der Waals surface area contributed by atoms with Crippen molar-refractivity contribution in [3.63, 3.8) is 0 Å². The average Bonchev–Trinajstić information content (AvgIpc) is 2.16. The molecule has 13 heavy (non-hydrogen) atoms. The molecule has 68 valence electrons. The van der Waals surface area contributed by atoms with Crippen LogP contribution >= 0.6 is 0 Å². The van der Waals surface area contributed by atoms with E-state index < -0.39 is 5.97 Å². The van der Waals surface area contributed by atoms with E-state index in [-0.39, 0.29) is 11.4 Å². The molecule has 5 heteroatoms. The van der Waals surface area contributed by atoms with E-state index in [1.54, 1.807) is 0 Å². The lowest BCUT2D eigenvalue weighted by molar-refractivity contribution is 0.0600. The highest BCUT2D eigenvalue weighted by atomic mass is 16.5. The van der Waals surface area contributed by atoms with Crippen LogP contribution in [0.25, 0.3) is 0 Å². The first kappa shape index (κ1) is 9.18. The molecule has 0 amide bonds. The number of nitrogens with one attached hydrogen (secondary N) is 1. The number of hydrogen-bond donors (Lipinski definition) is 2. The van der Waals surface area contributed by atoms with Gasteiger partial charge in [0.25, 0.3) is 0 Å². The summed E-state index contributed by atoms with van der Waals surface area (Å²) in [4.78, 5) is 14.9. The molecule has 0 aromatic carbocycles. The summed E-state index contributed by atoms with van der Waals surface area (Å²) in [6.07, 6.45) is 2.78. The van der Waals surface area contributed by atoms with Gasteiger partial charge in [-0.3, -0.25) is 10.4 Å². The number of amidine groups is 1. The van der Waals surface area contributed by atoms with Crippen LogP contribution in [0.4, 0.5) is 0 Å². The molecule has 1 heterocycles. The van der Waals surface area contributed by atoms with Crippen LogP contribution < -0.4 is 5.73 Å². The lowest BCUT2D eigenvalue weighted by Gasteiger charge is -2.04. The molecule has 1 rings (SSSR count). The molecular weight excluding hydrogens is 170 g/mol. The Morgan fingerprint density at radius 3 is 2.85 bits per heavy atom. The van der Waals surface area contributed by atoms with Crippen LogP contribution in [0.2, 0.25) is 0 Å². The topological polar surface area (TPSA) is 89.1 Å². The predicted octanol–water partition coefficient (Wildman–Crippen LogP) is 0.152. The Balaban J connectivity index is 3.19. The quantitative estimate of drug-likeness (QED) is 0.384. The molecular formula is C8H9N3O2. The first-order valence-electron chi connectivity index (χ1n) is 3.53. The average molecular weight is 179 g/mol. The van der Waals surface area contributed by atoms with Crippen molar-refractivity contribution in [3.05, 3.63) is 29.6 Å². The summed E-state index contributed by atoms with van der Waals surface area (Å²) >= 11 is 0. The molecule has 0 aliphatic carbocycles. The molecule has 0 aliphatic rings. The highest BCUT2D eigenvalue weighted by Gasteiger charge is 2.12. The van der Waals surface area contributed by atoms with E-state index >= 15 is 0 Å². The van der Waals surface area contributed by atoms with E-state index in [4.69, 9.17) is 11.1 Å². The maximum Gasteiger partial charge on any atom is 0.340 e. The third kappa shape index (κ3) is 1.81. The van der Waals surface area contributed by atoms with Gasteiger partial charge in [0.2, 0.25) is 0 Å². The number of ether oxygens (including phenoxy) is 1. The second-order valence-electron chi connectivity index (χ2n) is 2.33. The van der Waals surface area contributed by atoms with Crippen molar-refractivity contribution in [3.8, 4) is 0 Å². The number of rotatable bonds is 2. The van der Waals surface area contributed by atoms with Crippen molar-refractivity contribution >= 4 is 11.8 Å². The van der Waals surface area contributed by atoms with Crippen molar-refractivity contribution in [2.75, 3.05) is 7.11 Å². The fraction of sp³-hybridized carbons (Fsp3) is 0.125. The van der Waals surface area contributed by atoms with Crippen LogP contribution in [0.1, 0.15) is 15.9 Å². The minimum atomic E-state index is -0.543. The maximum atomic E-state index is 11.1. The lowest BCUT2D eigenvalue weighted by atomic mass is 10.1. The molecule has 0 fully saturated rings. The molecule has 1 aromatic rings. The van der Waals surface area contributed by atoms with Crippen molar-refractivity contribution in [1.29, 1.82) is 5.41 Å². The summed E-state index contributed by atoms with van der Waals surface area (Å²) in [6.45, 7) is 0. The van der Waals surface area contributed by atoms with Crippen LogP contribution in [0.5, 0.6) is 0 Å². The smallest absolute Gasteiger partial charge is 0.340 e. The van der Waals surface area contributed by atoms with Crippen molar-refractivity contribution in [2.45, 2.75) is 0 Å². The summed E-state index contributed by atoms with van der Waals surface area (Å²) < 4.78 is 4.50. The summed E-state index contributed by atoms with van der Waals surface area (Å²) in [7, 11) is 1.26. The van der Waals surface area contributed by atoms with Gasteiger partial charge < -0.3 is 10.5 Å². The van der Waals surface area contributed by atoms with E-state index in [9.17, 15) is 4.79 Å². The summed E-state index contributed by atoms with van der Waals surface area (Å²) in [6, 6.07) is 1.49. The normalized spacial score (nSPS) is 9.31. The van der Waals surface area contributed by atoms with Gasteiger partial charge in [-0.1, -0.05) is 0 Å². The molecule has 5 nitrogen and oxygen atoms in total. The molecule has 3 N–H and O–H groups in total. The number of pyridine rings is 1. The Kier molecular flexibility index (Phi) is 2.59. The molecule has 0 aliphatic heterocycles. The van der Waals surface area contributed by atoms with Gasteiger partial charge in [-0.2, -0.15) is 0 Å².